The fourth-order valence-electron chi connectivity index (χ4n) is 1.75. The average molecular weight is 238 g/mol. The van der Waals surface area contributed by atoms with E-state index in [2.05, 4.69) is 0 Å². The van der Waals surface area contributed by atoms with E-state index < -0.39 is 12.2 Å². The molecule has 0 heterocycles. The van der Waals surface area contributed by atoms with E-state index in [9.17, 15) is 10.2 Å². The Morgan fingerprint density at radius 2 is 1.71 bits per heavy atom. The first-order valence-corrected chi connectivity index (χ1v) is 6.13. The highest BCUT2D eigenvalue weighted by atomic mass is 16.5. The fraction of sp³-hybridized carbons (Fsp3) is 0.571. The highest BCUT2D eigenvalue weighted by Crippen LogP contribution is 2.23. The number of aliphatic hydroxyl groups excluding tert-OH is 2. The highest BCUT2D eigenvalue weighted by Gasteiger charge is 2.16. The molecule has 1 aromatic rings. The maximum absolute atomic E-state index is 9.62. The Bertz CT molecular complexity index is 319. The Hall–Kier alpha value is -1.06. The summed E-state index contributed by atoms with van der Waals surface area (Å²) in [5.41, 5.74) is 1.15. The van der Waals surface area contributed by atoms with E-state index in [1.165, 1.54) is 0 Å². The zero-order chi connectivity index (χ0) is 12.8. The summed E-state index contributed by atoms with van der Waals surface area (Å²) < 4.78 is 5.37. The molecule has 0 aliphatic carbocycles. The zero-order valence-corrected chi connectivity index (χ0v) is 10.8. The van der Waals surface area contributed by atoms with Crippen LogP contribution in [0, 0.1) is 0 Å². The molecule has 0 saturated carbocycles. The number of aliphatic hydroxyl groups is 2. The average Bonchev–Trinajstić information content (AvgIpc) is 2.30. The Labute approximate surface area is 103 Å². The van der Waals surface area contributed by atoms with Crippen molar-refractivity contribution in [1.29, 1.82) is 0 Å². The summed E-state index contributed by atoms with van der Waals surface area (Å²) in [6, 6.07) is 7.88. The third-order valence-corrected chi connectivity index (χ3v) is 2.91. The molecule has 0 spiro atoms. The first kappa shape index (κ1) is 14.0. The van der Waals surface area contributed by atoms with Crippen LogP contribution < -0.4 is 4.74 Å². The van der Waals surface area contributed by atoms with Crippen LogP contribution in [0.1, 0.15) is 38.7 Å². The molecule has 0 aromatic heterocycles. The largest absolute Gasteiger partial charge is 0.494 e. The lowest BCUT2D eigenvalue weighted by Gasteiger charge is -2.19. The van der Waals surface area contributed by atoms with Crippen LogP contribution in [0.2, 0.25) is 0 Å². The van der Waals surface area contributed by atoms with Gasteiger partial charge in [-0.15, -0.1) is 0 Å². The quantitative estimate of drug-likeness (QED) is 0.799. The van der Waals surface area contributed by atoms with Crippen LogP contribution in [0.15, 0.2) is 24.3 Å². The van der Waals surface area contributed by atoms with Gasteiger partial charge in [-0.05, 0) is 43.9 Å². The normalized spacial score (nSPS) is 16.3. The van der Waals surface area contributed by atoms with Gasteiger partial charge < -0.3 is 14.9 Å². The molecule has 0 saturated heterocycles. The summed E-state index contributed by atoms with van der Waals surface area (Å²) in [5, 5.41) is 18.9. The van der Waals surface area contributed by atoms with Crippen LogP contribution in [-0.2, 0) is 0 Å². The Kier molecular flexibility index (Phi) is 5.45. The highest BCUT2D eigenvalue weighted by molar-refractivity contribution is 5.29. The first-order chi connectivity index (χ1) is 8.04. The van der Waals surface area contributed by atoms with Crippen LogP contribution in [0.25, 0.3) is 0 Å². The molecule has 0 aliphatic heterocycles. The van der Waals surface area contributed by atoms with Gasteiger partial charge in [-0.25, -0.2) is 0 Å². The van der Waals surface area contributed by atoms with Gasteiger partial charge in [-0.3, -0.25) is 0 Å². The van der Waals surface area contributed by atoms with E-state index >= 15 is 0 Å². The van der Waals surface area contributed by atoms with Gasteiger partial charge >= 0.3 is 0 Å². The second-order valence-electron chi connectivity index (χ2n) is 4.45. The third kappa shape index (κ3) is 4.36. The molecule has 3 heteroatoms. The number of hydrogen-bond acceptors (Lipinski definition) is 3. The van der Waals surface area contributed by atoms with Crippen molar-refractivity contribution < 1.29 is 14.9 Å². The zero-order valence-electron chi connectivity index (χ0n) is 10.8. The van der Waals surface area contributed by atoms with Crippen LogP contribution in [0.5, 0.6) is 5.75 Å². The van der Waals surface area contributed by atoms with Crippen LogP contribution >= 0.6 is 0 Å². The second-order valence-corrected chi connectivity index (χ2v) is 4.45. The van der Waals surface area contributed by atoms with E-state index in [4.69, 9.17) is 4.74 Å². The summed E-state index contributed by atoms with van der Waals surface area (Å²) in [6.07, 6.45) is -0.789. The minimum atomic E-state index is -0.680. The molecule has 0 bridgehead atoms. The summed E-state index contributed by atoms with van der Waals surface area (Å²) in [5.74, 6) is 1.08. The van der Waals surface area contributed by atoms with Crippen molar-refractivity contribution in [3.63, 3.8) is 0 Å². The van der Waals surface area contributed by atoms with Gasteiger partial charge in [0.1, 0.15) is 5.75 Å². The summed E-state index contributed by atoms with van der Waals surface area (Å²) >= 11 is 0. The standard InChI is InChI=1S/C14H22O3/c1-4-17-13-7-5-12(6-8-13)10(2)9-14(16)11(3)15/h5-8,10-11,14-16H,4,9H2,1-3H3. The maximum atomic E-state index is 9.62. The molecule has 1 aromatic carbocycles. The molecule has 96 valence electrons. The molecule has 0 aliphatic rings. The van der Waals surface area contributed by atoms with Gasteiger partial charge in [-0.2, -0.15) is 0 Å². The number of benzene rings is 1. The van der Waals surface area contributed by atoms with Crippen molar-refractivity contribution >= 4 is 0 Å². The van der Waals surface area contributed by atoms with E-state index in [1.807, 2.05) is 38.1 Å². The predicted octanol–water partition coefficient (Wildman–Crippen LogP) is 2.32. The first-order valence-electron chi connectivity index (χ1n) is 6.13. The smallest absolute Gasteiger partial charge is 0.119 e. The fourth-order valence-corrected chi connectivity index (χ4v) is 1.75. The summed E-state index contributed by atoms with van der Waals surface area (Å²) in [4.78, 5) is 0. The molecule has 1 rings (SSSR count). The van der Waals surface area contributed by atoms with Crippen molar-refractivity contribution in [2.75, 3.05) is 6.61 Å². The molecule has 17 heavy (non-hydrogen) atoms. The van der Waals surface area contributed by atoms with Gasteiger partial charge in [0.05, 0.1) is 18.8 Å². The summed E-state index contributed by atoms with van der Waals surface area (Å²) in [6.45, 7) is 6.27. The van der Waals surface area contributed by atoms with Gasteiger partial charge in [0.15, 0.2) is 0 Å². The minimum Gasteiger partial charge on any atom is -0.494 e. The number of hydrogen-bond donors (Lipinski definition) is 2. The van der Waals surface area contributed by atoms with Gasteiger partial charge in [-0.1, -0.05) is 19.1 Å². The predicted molar refractivity (Wildman–Crippen MR) is 68.3 cm³/mol. The lowest BCUT2D eigenvalue weighted by molar-refractivity contribution is 0.0227. The molecule has 0 amide bonds. The van der Waals surface area contributed by atoms with E-state index in [0.29, 0.717) is 13.0 Å². The molecule has 3 atom stereocenters. The molecule has 2 N–H and O–H groups in total. The minimum absolute atomic E-state index is 0.218. The van der Waals surface area contributed by atoms with Crippen LogP contribution in [0.3, 0.4) is 0 Å². The lowest BCUT2D eigenvalue weighted by atomic mass is 9.93. The Morgan fingerprint density at radius 3 is 2.18 bits per heavy atom. The number of ether oxygens (including phenoxy) is 1. The van der Waals surface area contributed by atoms with Gasteiger partial charge in [0, 0.05) is 0 Å². The van der Waals surface area contributed by atoms with Crippen molar-refractivity contribution in [3.05, 3.63) is 29.8 Å². The molecule has 0 radical (unpaired) electrons. The van der Waals surface area contributed by atoms with E-state index in [-0.39, 0.29) is 5.92 Å². The topological polar surface area (TPSA) is 49.7 Å². The summed E-state index contributed by atoms with van der Waals surface area (Å²) in [7, 11) is 0. The van der Waals surface area contributed by atoms with E-state index in [1.54, 1.807) is 6.92 Å². The molecule has 3 nitrogen and oxygen atoms in total. The third-order valence-electron chi connectivity index (χ3n) is 2.91. The Balaban J connectivity index is 2.60. The van der Waals surface area contributed by atoms with Crippen molar-refractivity contribution in [3.8, 4) is 5.75 Å². The lowest BCUT2D eigenvalue weighted by Crippen LogP contribution is -2.24. The van der Waals surface area contributed by atoms with E-state index in [0.717, 1.165) is 11.3 Å². The second kappa shape index (κ2) is 6.62. The Morgan fingerprint density at radius 1 is 1.12 bits per heavy atom. The maximum Gasteiger partial charge on any atom is 0.119 e. The van der Waals surface area contributed by atoms with Crippen LogP contribution in [0.4, 0.5) is 0 Å². The van der Waals surface area contributed by atoms with Crippen LogP contribution in [-0.4, -0.2) is 29.0 Å². The molecular formula is C14H22O3. The van der Waals surface area contributed by atoms with Gasteiger partial charge in [0.2, 0.25) is 0 Å². The van der Waals surface area contributed by atoms with Crippen molar-refractivity contribution in [1.82, 2.24) is 0 Å². The van der Waals surface area contributed by atoms with Crippen molar-refractivity contribution in [2.45, 2.75) is 45.3 Å². The monoisotopic (exact) mass is 238 g/mol. The molecular weight excluding hydrogens is 216 g/mol. The SMILES string of the molecule is CCOc1ccc(C(C)CC(O)C(C)O)cc1. The number of rotatable bonds is 6. The van der Waals surface area contributed by atoms with Crippen molar-refractivity contribution in [2.24, 2.45) is 0 Å². The molecule has 3 unspecified atom stereocenters. The molecule has 0 fully saturated rings. The van der Waals surface area contributed by atoms with Gasteiger partial charge in [0.25, 0.3) is 0 Å².